The van der Waals surface area contributed by atoms with Crippen LogP contribution in [0.25, 0.3) is 0 Å². The molecule has 372 valence electrons. The predicted octanol–water partition coefficient (Wildman–Crippen LogP) is -5.76. The van der Waals surface area contributed by atoms with Crippen LogP contribution in [0.4, 0.5) is 17.6 Å². The molecule has 0 bridgehead atoms. The van der Waals surface area contributed by atoms with Gasteiger partial charge in [0.05, 0.1) is 24.3 Å². The van der Waals surface area contributed by atoms with Gasteiger partial charge in [-0.15, -0.1) is 0 Å². The van der Waals surface area contributed by atoms with Crippen molar-refractivity contribution in [1.29, 1.82) is 0 Å². The minimum atomic E-state index is -3.46. The van der Waals surface area contributed by atoms with E-state index in [1.165, 1.54) is 28.4 Å². The van der Waals surface area contributed by atoms with E-state index < -0.39 is 104 Å². The van der Waals surface area contributed by atoms with Crippen molar-refractivity contribution in [1.82, 2.24) is 0 Å². The second-order valence-electron chi connectivity index (χ2n) is 14.7. The summed E-state index contributed by atoms with van der Waals surface area (Å²) in [4.78, 5) is 0. The van der Waals surface area contributed by atoms with E-state index >= 15 is 0 Å². The van der Waals surface area contributed by atoms with Crippen molar-refractivity contribution in [3.8, 4) is 0 Å². The number of hydrogen-bond donors (Lipinski definition) is 13. The highest BCUT2D eigenvalue weighted by Gasteiger charge is 2.56. The van der Waals surface area contributed by atoms with Crippen LogP contribution in [0.5, 0.6) is 0 Å². The highest BCUT2D eigenvalue weighted by molar-refractivity contribution is 4.98. The van der Waals surface area contributed by atoms with E-state index in [1.807, 2.05) is 0 Å². The third kappa shape index (κ3) is 16.6. The van der Waals surface area contributed by atoms with E-state index in [2.05, 4.69) is 9.47 Å². The van der Waals surface area contributed by atoms with Crippen molar-refractivity contribution < 1.29 is 90.5 Å². The molecule has 21 N–H and O–H groups in total. The molecule has 0 spiro atoms. The number of nitrogens with two attached hydrogens (primary N) is 8. The average molecular weight is 923 g/mol. The molecule has 5 aliphatic heterocycles. The van der Waals surface area contributed by atoms with E-state index in [-0.39, 0.29) is 44.2 Å². The molecule has 23 nitrogen and oxygen atoms in total. The predicted molar refractivity (Wildman–Crippen MR) is 211 cm³/mol. The first-order chi connectivity index (χ1) is 29.2. The smallest absolute Gasteiger partial charge is 0.295 e. The summed E-state index contributed by atoms with van der Waals surface area (Å²) in [5, 5.41) is 46.2. The third-order valence-corrected chi connectivity index (χ3v) is 10.4. The molecule has 0 radical (unpaired) electrons. The Morgan fingerprint density at radius 2 is 0.919 bits per heavy atom. The van der Waals surface area contributed by atoms with Crippen LogP contribution in [0.3, 0.4) is 0 Å². The Morgan fingerprint density at radius 3 is 1.37 bits per heavy atom. The lowest BCUT2D eigenvalue weighted by molar-refractivity contribution is -0.295. The molecule has 62 heavy (non-hydrogen) atoms. The molecule has 0 saturated carbocycles. The van der Waals surface area contributed by atoms with Crippen molar-refractivity contribution >= 4 is 0 Å². The first kappa shape index (κ1) is 58.8. The molecular weight excluding hydrogens is 848 g/mol. The van der Waals surface area contributed by atoms with Gasteiger partial charge in [0.2, 0.25) is 0 Å². The standard InChI is InChI=1S/C7H14F2N2O3.C7H15FN2O3.C7H14FNO4.C7H16N2O2.C7H15NO3/c1-13-6-4(11)7(8,9)5(12)3(2-10)14-6;1-12-7-5(10)4(8)6(11)3(2-9)13-7;1-12-7-6(11)4(8)5(10)3(2-9)13-7;2*1-10-7-6(9)3-2-5(4-8)11-7/h3-6,12H,2,10-11H2,1H3;3-7,11H,2,9-10H2,1H3;3-7,10-11H,2,9H2,1H3;5-7H,2-4,8-9H2,1H3;5-7,9H,2-4,8H2,1H3/t3?,4?,5?,6-;2*3?,4?,5?,6?,7-;2*5?,6?,7-/m00000/s1. The maximum atomic E-state index is 13.3. The summed E-state index contributed by atoms with van der Waals surface area (Å²) in [6, 6.07) is -2.66. The second-order valence-corrected chi connectivity index (χ2v) is 14.7. The van der Waals surface area contributed by atoms with E-state index in [0.717, 1.165) is 19.3 Å². The number of rotatable bonds is 10. The zero-order valence-electron chi connectivity index (χ0n) is 35.9. The lowest BCUT2D eigenvalue weighted by Crippen LogP contribution is -2.66. The molecule has 5 saturated heterocycles. The fourth-order valence-electron chi connectivity index (χ4n) is 6.46. The van der Waals surface area contributed by atoms with E-state index in [4.69, 9.17) is 83.8 Å². The molecule has 5 aliphatic rings. The SMILES string of the molecule is CO[C@H]1OC(CN)C(O)C(F)(F)C1N.CO[C@H]1OC(CN)C(O)C(F)C1N.CO[C@H]1OC(CN)C(O)C(F)C1O.CO[C@H]1OC(CN)CCC1N.CO[C@H]1OC(CN)CCC1O. The second kappa shape index (κ2) is 29.4. The van der Waals surface area contributed by atoms with Gasteiger partial charge >= 0.3 is 0 Å². The van der Waals surface area contributed by atoms with E-state index in [0.29, 0.717) is 19.5 Å². The molecule has 5 rings (SSSR count). The van der Waals surface area contributed by atoms with Crippen LogP contribution in [0.15, 0.2) is 0 Å². The molecule has 5 heterocycles. The molecule has 0 aliphatic carbocycles. The van der Waals surface area contributed by atoms with Crippen molar-refractivity contribution in [2.24, 2.45) is 45.9 Å². The zero-order valence-corrected chi connectivity index (χ0v) is 35.9. The third-order valence-electron chi connectivity index (χ3n) is 10.4. The Labute approximate surface area is 359 Å². The Balaban J connectivity index is 0.000000389. The first-order valence-corrected chi connectivity index (χ1v) is 20.0. The van der Waals surface area contributed by atoms with E-state index in [1.54, 1.807) is 7.11 Å². The summed E-state index contributed by atoms with van der Waals surface area (Å²) >= 11 is 0. The fraction of sp³-hybridized carbons (Fsp3) is 1.00. The van der Waals surface area contributed by atoms with Gasteiger partial charge in [0.1, 0.15) is 61.0 Å². The minimum absolute atomic E-state index is 0.00259. The molecular formula is C35H74F4N8O15. The van der Waals surface area contributed by atoms with Crippen molar-refractivity contribution in [2.45, 2.75) is 155 Å². The van der Waals surface area contributed by atoms with Gasteiger partial charge in [-0.05, 0) is 25.7 Å². The monoisotopic (exact) mass is 923 g/mol. The van der Waals surface area contributed by atoms with Gasteiger partial charge in [-0.1, -0.05) is 0 Å². The number of halogens is 4. The molecule has 0 aromatic heterocycles. The minimum Gasteiger partial charge on any atom is -0.388 e. The first-order valence-electron chi connectivity index (χ1n) is 20.0. The lowest BCUT2D eigenvalue weighted by atomic mass is 9.96. The summed E-state index contributed by atoms with van der Waals surface area (Å²) in [6.45, 7) is 0.838. The summed E-state index contributed by atoms with van der Waals surface area (Å²) < 4.78 is 103. The number of aliphatic hydroxyl groups is 5. The summed E-state index contributed by atoms with van der Waals surface area (Å²) in [7, 11) is 6.97. The van der Waals surface area contributed by atoms with Gasteiger partial charge in [0, 0.05) is 68.3 Å². The molecule has 0 aromatic rings. The normalized spacial score (nSPS) is 42.9. The summed E-state index contributed by atoms with van der Waals surface area (Å²) in [5.41, 5.74) is 42.8. The lowest BCUT2D eigenvalue weighted by Gasteiger charge is -2.42. The highest BCUT2D eigenvalue weighted by Crippen LogP contribution is 2.33. The molecule has 0 aromatic carbocycles. The van der Waals surface area contributed by atoms with Gasteiger partial charge < -0.3 is 119 Å². The molecule has 5 fully saturated rings. The van der Waals surface area contributed by atoms with E-state index in [9.17, 15) is 43.1 Å². The van der Waals surface area contributed by atoms with Crippen LogP contribution in [0.2, 0.25) is 0 Å². The number of aliphatic hydroxyl groups excluding tert-OH is 5. The largest absolute Gasteiger partial charge is 0.388 e. The van der Waals surface area contributed by atoms with Gasteiger partial charge in [-0.25, -0.2) is 17.6 Å². The maximum absolute atomic E-state index is 13.3. The highest BCUT2D eigenvalue weighted by atomic mass is 19.3. The Bertz CT molecular complexity index is 1060. The number of alkyl halides is 4. The van der Waals surface area contributed by atoms with Crippen LogP contribution < -0.4 is 45.9 Å². The quantitative estimate of drug-likeness (QED) is 0.0908. The van der Waals surface area contributed by atoms with Crippen molar-refractivity contribution in [2.75, 3.05) is 68.3 Å². The summed E-state index contributed by atoms with van der Waals surface area (Å²) in [6.07, 6.45) is -13.1. The van der Waals surface area contributed by atoms with Crippen LogP contribution >= 0.6 is 0 Å². The fourth-order valence-corrected chi connectivity index (χ4v) is 6.46. The maximum Gasteiger partial charge on any atom is 0.295 e. The van der Waals surface area contributed by atoms with Crippen LogP contribution in [0.1, 0.15) is 25.7 Å². The van der Waals surface area contributed by atoms with Crippen molar-refractivity contribution in [3.05, 3.63) is 0 Å². The van der Waals surface area contributed by atoms with Crippen LogP contribution in [0, 0.1) is 0 Å². The molecule has 20 atom stereocenters. The Morgan fingerprint density at radius 1 is 0.500 bits per heavy atom. The number of hydrogen-bond acceptors (Lipinski definition) is 23. The van der Waals surface area contributed by atoms with Crippen LogP contribution in [-0.2, 0) is 47.4 Å². The number of methoxy groups -OCH3 is 5. The van der Waals surface area contributed by atoms with Gasteiger partial charge in [-0.3, -0.25) is 0 Å². The van der Waals surface area contributed by atoms with Gasteiger partial charge in [-0.2, -0.15) is 0 Å². The van der Waals surface area contributed by atoms with Crippen LogP contribution in [-0.4, -0.2) is 223 Å². The van der Waals surface area contributed by atoms with Gasteiger partial charge in [0.15, 0.2) is 37.6 Å². The topological polar surface area (TPSA) is 402 Å². The molecule has 15 unspecified atom stereocenters. The Hall–Kier alpha value is -1.20. The average Bonchev–Trinajstić information content (AvgIpc) is 3.28. The molecule has 27 heteroatoms. The molecule has 0 amide bonds. The number of ether oxygens (including phenoxy) is 10. The zero-order chi connectivity index (χ0) is 47.5. The Kier molecular flexibility index (Phi) is 27.9. The summed E-state index contributed by atoms with van der Waals surface area (Å²) in [5.74, 6) is -3.46. The van der Waals surface area contributed by atoms with Crippen molar-refractivity contribution in [3.63, 3.8) is 0 Å². The van der Waals surface area contributed by atoms with Gasteiger partial charge in [0.25, 0.3) is 5.92 Å².